The monoisotopic (exact) mass is 248 g/mol. The second-order valence-corrected chi connectivity index (χ2v) is 5.97. The summed E-state index contributed by atoms with van der Waals surface area (Å²) in [5.41, 5.74) is 1.97. The first-order valence-electron chi connectivity index (χ1n) is 5.02. The molecule has 0 saturated carbocycles. The van der Waals surface area contributed by atoms with Crippen LogP contribution in [-0.4, -0.2) is 5.78 Å². The van der Waals surface area contributed by atoms with Crippen molar-refractivity contribution in [2.24, 2.45) is 0 Å². The maximum absolute atomic E-state index is 11.9. The maximum atomic E-state index is 11.9. The summed E-state index contributed by atoms with van der Waals surface area (Å²) in [6.07, 6.45) is 1.73. The molecule has 1 aliphatic rings. The summed E-state index contributed by atoms with van der Waals surface area (Å²) in [4.78, 5) is 14.3. The zero-order valence-electron chi connectivity index (χ0n) is 9.19. The van der Waals surface area contributed by atoms with Gasteiger partial charge in [0.25, 0.3) is 0 Å². The summed E-state index contributed by atoms with van der Waals surface area (Å²) < 4.78 is 0. The van der Waals surface area contributed by atoms with Gasteiger partial charge in [-0.15, -0.1) is 0 Å². The Morgan fingerprint density at radius 2 is 1.81 bits per heavy atom. The van der Waals surface area contributed by atoms with Gasteiger partial charge in [-0.25, -0.2) is 0 Å². The van der Waals surface area contributed by atoms with Crippen LogP contribution in [0.3, 0.4) is 0 Å². The first kappa shape index (κ1) is 11.6. The Morgan fingerprint density at radius 3 is 2.38 bits per heavy atom. The lowest BCUT2D eigenvalue weighted by Crippen LogP contribution is -1.94. The highest BCUT2D eigenvalue weighted by Gasteiger charge is 2.16. The molecule has 0 bridgehead atoms. The van der Waals surface area contributed by atoms with E-state index in [2.05, 4.69) is 13.8 Å². The molecule has 0 N–H and O–H groups in total. The molecule has 0 aromatic heterocycles. The van der Waals surface area contributed by atoms with E-state index < -0.39 is 0 Å². The van der Waals surface area contributed by atoms with Crippen molar-refractivity contribution in [1.29, 1.82) is 0 Å². The number of hydrogen-bond acceptors (Lipinski definition) is 3. The molecule has 0 saturated heterocycles. The van der Waals surface area contributed by atoms with E-state index in [9.17, 15) is 4.79 Å². The number of allylic oxidation sites excluding steroid dienone is 3. The van der Waals surface area contributed by atoms with Crippen LogP contribution in [0.15, 0.2) is 51.8 Å². The van der Waals surface area contributed by atoms with Crippen LogP contribution in [0.4, 0.5) is 0 Å². The first-order chi connectivity index (χ1) is 7.68. The molecular weight excluding hydrogens is 236 g/mol. The fraction of sp³-hybridized carbons (Fsp3) is 0.154. The predicted molar refractivity (Wildman–Crippen MR) is 72.4 cm³/mol. The minimum Gasteiger partial charge on any atom is -0.289 e. The van der Waals surface area contributed by atoms with Crippen LogP contribution >= 0.6 is 21.6 Å². The summed E-state index contributed by atoms with van der Waals surface area (Å²) in [5.74, 6) is 0.0813. The molecule has 82 valence electrons. The van der Waals surface area contributed by atoms with Crippen LogP contribution in [0.1, 0.15) is 24.2 Å². The zero-order valence-corrected chi connectivity index (χ0v) is 10.8. The van der Waals surface area contributed by atoms with Gasteiger partial charge in [-0.1, -0.05) is 51.9 Å². The molecule has 1 nitrogen and oxygen atoms in total. The van der Waals surface area contributed by atoms with Crippen LogP contribution in [0.25, 0.3) is 0 Å². The van der Waals surface area contributed by atoms with Gasteiger partial charge >= 0.3 is 0 Å². The van der Waals surface area contributed by atoms with E-state index >= 15 is 0 Å². The van der Waals surface area contributed by atoms with E-state index in [1.165, 1.54) is 10.5 Å². The fourth-order valence-corrected chi connectivity index (χ4v) is 3.83. The van der Waals surface area contributed by atoms with E-state index in [0.29, 0.717) is 0 Å². The van der Waals surface area contributed by atoms with Gasteiger partial charge in [0.2, 0.25) is 0 Å². The van der Waals surface area contributed by atoms with Crippen molar-refractivity contribution in [2.75, 3.05) is 0 Å². The van der Waals surface area contributed by atoms with Crippen LogP contribution in [0.2, 0.25) is 0 Å². The average Bonchev–Trinajstić information content (AvgIpc) is 2.62. The van der Waals surface area contributed by atoms with E-state index in [1.54, 1.807) is 27.7 Å². The van der Waals surface area contributed by atoms with Gasteiger partial charge in [0.1, 0.15) is 0 Å². The Labute approximate surface area is 103 Å². The normalized spacial score (nSPS) is 18.2. The SMILES string of the molecule is CC1=C(C)C(=CC(=O)c2ccccc2)SS1. The van der Waals surface area contributed by atoms with Crippen LogP contribution < -0.4 is 0 Å². The third-order valence-corrected chi connectivity index (χ3v) is 5.26. The molecule has 3 heteroatoms. The number of carbonyl (C=O) groups excluding carboxylic acids is 1. The summed E-state index contributed by atoms with van der Waals surface area (Å²) in [6, 6.07) is 9.38. The summed E-state index contributed by atoms with van der Waals surface area (Å²) >= 11 is 0. The van der Waals surface area contributed by atoms with Crippen LogP contribution in [0, 0.1) is 0 Å². The van der Waals surface area contributed by atoms with Crippen molar-refractivity contribution in [3.05, 3.63) is 57.4 Å². The minimum absolute atomic E-state index is 0.0813. The second-order valence-electron chi connectivity index (χ2n) is 3.59. The molecule has 16 heavy (non-hydrogen) atoms. The lowest BCUT2D eigenvalue weighted by molar-refractivity contribution is 0.104. The van der Waals surface area contributed by atoms with Gasteiger partial charge in [0.05, 0.1) is 0 Å². The van der Waals surface area contributed by atoms with Gasteiger partial charge in [-0.3, -0.25) is 4.79 Å². The van der Waals surface area contributed by atoms with Crippen molar-refractivity contribution in [2.45, 2.75) is 13.8 Å². The molecule has 0 unspecified atom stereocenters. The highest BCUT2D eigenvalue weighted by atomic mass is 33.1. The highest BCUT2D eigenvalue weighted by molar-refractivity contribution is 8.80. The standard InChI is InChI=1S/C13H12OS2/c1-9-10(2)15-16-13(9)8-12(14)11-6-4-3-5-7-11/h3-8H,1-2H3. The molecule has 1 aliphatic heterocycles. The van der Waals surface area contributed by atoms with Gasteiger partial charge in [-0.2, -0.15) is 0 Å². The van der Waals surface area contributed by atoms with Crippen molar-refractivity contribution in [3.8, 4) is 0 Å². The Balaban J connectivity index is 2.23. The molecule has 1 aromatic rings. The Kier molecular flexibility index (Phi) is 3.56. The topological polar surface area (TPSA) is 17.1 Å². The van der Waals surface area contributed by atoms with E-state index in [-0.39, 0.29) is 5.78 Å². The molecular formula is C13H12OS2. The molecule has 0 amide bonds. The Hall–Kier alpha value is -0.930. The maximum Gasteiger partial charge on any atom is 0.186 e. The van der Waals surface area contributed by atoms with Gasteiger partial charge in [0, 0.05) is 16.5 Å². The Bertz CT molecular complexity index is 472. The molecule has 0 atom stereocenters. The van der Waals surface area contributed by atoms with Crippen LogP contribution in [-0.2, 0) is 0 Å². The third kappa shape index (κ3) is 2.42. The highest BCUT2D eigenvalue weighted by Crippen LogP contribution is 2.48. The van der Waals surface area contributed by atoms with Crippen molar-refractivity contribution < 1.29 is 4.79 Å². The van der Waals surface area contributed by atoms with E-state index in [1.807, 2.05) is 30.3 Å². The molecule has 0 aliphatic carbocycles. The lowest BCUT2D eigenvalue weighted by atomic mass is 10.1. The molecule has 0 fully saturated rings. The smallest absolute Gasteiger partial charge is 0.186 e. The summed E-state index contributed by atoms with van der Waals surface area (Å²) in [7, 11) is 3.39. The molecule has 0 spiro atoms. The lowest BCUT2D eigenvalue weighted by Gasteiger charge is -1.98. The van der Waals surface area contributed by atoms with Crippen molar-refractivity contribution >= 4 is 27.4 Å². The van der Waals surface area contributed by atoms with Gasteiger partial charge in [-0.05, 0) is 24.3 Å². The second kappa shape index (κ2) is 4.93. The van der Waals surface area contributed by atoms with Gasteiger partial charge in [0.15, 0.2) is 5.78 Å². The first-order valence-corrected chi connectivity index (χ1v) is 7.17. The number of hydrogen-bond donors (Lipinski definition) is 0. The molecule has 1 aromatic carbocycles. The summed E-state index contributed by atoms with van der Waals surface area (Å²) in [6.45, 7) is 4.15. The number of carbonyl (C=O) groups is 1. The van der Waals surface area contributed by atoms with E-state index in [0.717, 1.165) is 10.5 Å². The van der Waals surface area contributed by atoms with E-state index in [4.69, 9.17) is 0 Å². The number of benzene rings is 1. The quantitative estimate of drug-likeness (QED) is 0.437. The van der Waals surface area contributed by atoms with Crippen LogP contribution in [0.5, 0.6) is 0 Å². The van der Waals surface area contributed by atoms with Crippen molar-refractivity contribution in [1.82, 2.24) is 0 Å². The molecule has 2 rings (SSSR count). The Morgan fingerprint density at radius 1 is 1.12 bits per heavy atom. The minimum atomic E-state index is 0.0813. The fourth-order valence-electron chi connectivity index (χ4n) is 1.34. The van der Waals surface area contributed by atoms with Crippen molar-refractivity contribution in [3.63, 3.8) is 0 Å². The zero-order chi connectivity index (χ0) is 11.5. The third-order valence-electron chi connectivity index (χ3n) is 2.47. The predicted octanol–water partition coefficient (Wildman–Crippen LogP) is 4.44. The van der Waals surface area contributed by atoms with Gasteiger partial charge < -0.3 is 0 Å². The average molecular weight is 248 g/mol. The largest absolute Gasteiger partial charge is 0.289 e. The molecule has 0 radical (unpaired) electrons. The number of ketones is 1. The summed E-state index contributed by atoms with van der Waals surface area (Å²) in [5, 5.41) is 0. The molecule has 1 heterocycles. The number of rotatable bonds is 2.